The molecule has 4 nitrogen and oxygen atoms in total. The number of nitrogens with two attached hydrogens (primary N) is 1. The van der Waals surface area contributed by atoms with Crippen molar-refractivity contribution in [2.75, 3.05) is 0 Å². The van der Waals surface area contributed by atoms with E-state index in [0.717, 1.165) is 35.7 Å². The van der Waals surface area contributed by atoms with Gasteiger partial charge < -0.3 is 10.2 Å². The number of nitrogens with zero attached hydrogens (tertiary/aromatic N) is 2. The maximum Gasteiger partial charge on any atom is 0.200 e. The average molecular weight is 273 g/mol. The lowest BCUT2D eigenvalue weighted by atomic mass is 9.61. The first-order valence-corrected chi connectivity index (χ1v) is 7.39. The predicted molar refractivity (Wildman–Crippen MR) is 79.4 cm³/mol. The van der Waals surface area contributed by atoms with E-state index in [0.29, 0.717) is 11.8 Å². The van der Waals surface area contributed by atoms with Gasteiger partial charge in [-0.15, -0.1) is 0 Å². The molecule has 0 saturated heterocycles. The minimum Gasteiger partial charge on any atom is -0.439 e. The molecule has 0 aromatic carbocycles. The Hall–Kier alpha value is -1.42. The molecule has 1 fully saturated rings. The zero-order valence-corrected chi connectivity index (χ0v) is 12.7. The summed E-state index contributed by atoms with van der Waals surface area (Å²) < 4.78 is 5.97. The van der Waals surface area contributed by atoms with E-state index in [1.54, 1.807) is 0 Å². The van der Waals surface area contributed by atoms with Crippen molar-refractivity contribution in [2.45, 2.75) is 52.5 Å². The maximum absolute atomic E-state index is 6.23. The van der Waals surface area contributed by atoms with Gasteiger partial charge in [0.15, 0.2) is 11.2 Å². The topological polar surface area (TPSA) is 64.9 Å². The lowest BCUT2D eigenvalue weighted by Crippen LogP contribution is -2.45. The standard InChI is InChI=1S/C16H23N3O/c1-9-5-8-13-14(18-9)19-15(20-13)11-6-7-12(17)10(2)16(11,3)4/h5,8,10-12H,6-7,17H2,1-4H3. The van der Waals surface area contributed by atoms with E-state index in [4.69, 9.17) is 10.2 Å². The van der Waals surface area contributed by atoms with Crippen LogP contribution in [0.5, 0.6) is 0 Å². The summed E-state index contributed by atoms with van der Waals surface area (Å²) in [6.07, 6.45) is 2.06. The van der Waals surface area contributed by atoms with Crippen molar-refractivity contribution in [3.8, 4) is 0 Å². The number of oxazole rings is 1. The minimum absolute atomic E-state index is 0.0909. The van der Waals surface area contributed by atoms with Crippen LogP contribution in [0.25, 0.3) is 11.2 Å². The number of pyridine rings is 1. The Balaban J connectivity index is 2.01. The molecule has 2 aromatic heterocycles. The molecule has 0 bridgehead atoms. The lowest BCUT2D eigenvalue weighted by Gasteiger charge is -2.45. The molecule has 3 rings (SSSR count). The Labute approximate surface area is 119 Å². The Morgan fingerprint density at radius 2 is 2.00 bits per heavy atom. The molecule has 108 valence electrons. The van der Waals surface area contributed by atoms with Gasteiger partial charge in [0.1, 0.15) is 0 Å². The summed E-state index contributed by atoms with van der Waals surface area (Å²) in [6, 6.07) is 4.19. The summed E-state index contributed by atoms with van der Waals surface area (Å²) in [4.78, 5) is 9.08. The third kappa shape index (κ3) is 2.03. The van der Waals surface area contributed by atoms with Gasteiger partial charge in [-0.05, 0) is 43.2 Å². The molecule has 0 aliphatic heterocycles. The molecular formula is C16H23N3O. The Bertz CT molecular complexity index is 632. The first kappa shape index (κ1) is 13.6. The fourth-order valence-corrected chi connectivity index (χ4v) is 3.37. The van der Waals surface area contributed by atoms with E-state index in [9.17, 15) is 0 Å². The molecule has 1 aliphatic rings. The predicted octanol–water partition coefficient (Wildman–Crippen LogP) is 3.40. The summed E-state index contributed by atoms with van der Waals surface area (Å²) in [6.45, 7) is 8.76. The molecule has 3 unspecified atom stereocenters. The summed E-state index contributed by atoms with van der Waals surface area (Å²) >= 11 is 0. The van der Waals surface area contributed by atoms with E-state index in [2.05, 4.69) is 30.7 Å². The van der Waals surface area contributed by atoms with Gasteiger partial charge >= 0.3 is 0 Å². The van der Waals surface area contributed by atoms with Crippen molar-refractivity contribution >= 4 is 11.2 Å². The molecule has 0 radical (unpaired) electrons. The summed E-state index contributed by atoms with van der Waals surface area (Å²) in [5.74, 6) is 1.58. The third-order valence-electron chi connectivity index (χ3n) is 5.21. The smallest absolute Gasteiger partial charge is 0.200 e. The zero-order valence-electron chi connectivity index (χ0n) is 12.7. The van der Waals surface area contributed by atoms with Gasteiger partial charge in [0, 0.05) is 17.7 Å². The highest BCUT2D eigenvalue weighted by molar-refractivity contribution is 5.67. The van der Waals surface area contributed by atoms with Crippen LogP contribution in [0.2, 0.25) is 0 Å². The highest BCUT2D eigenvalue weighted by Crippen LogP contribution is 2.49. The summed E-state index contributed by atoms with van der Waals surface area (Å²) in [5, 5.41) is 0. The van der Waals surface area contributed by atoms with Crippen LogP contribution in [-0.4, -0.2) is 16.0 Å². The molecule has 2 heterocycles. The van der Waals surface area contributed by atoms with E-state index in [1.807, 2.05) is 19.1 Å². The Kier molecular flexibility index (Phi) is 3.09. The van der Waals surface area contributed by atoms with Crippen LogP contribution in [-0.2, 0) is 0 Å². The molecule has 20 heavy (non-hydrogen) atoms. The third-order valence-corrected chi connectivity index (χ3v) is 5.21. The largest absolute Gasteiger partial charge is 0.439 e. The highest BCUT2D eigenvalue weighted by Gasteiger charge is 2.44. The van der Waals surface area contributed by atoms with Crippen molar-refractivity contribution in [3.05, 3.63) is 23.7 Å². The van der Waals surface area contributed by atoms with Crippen LogP contribution in [0, 0.1) is 18.3 Å². The minimum atomic E-state index is 0.0909. The van der Waals surface area contributed by atoms with Crippen LogP contribution in [0.4, 0.5) is 0 Å². The molecule has 1 saturated carbocycles. The normalized spacial score (nSPS) is 29.8. The van der Waals surface area contributed by atoms with Crippen LogP contribution in [0.3, 0.4) is 0 Å². The molecule has 4 heteroatoms. The van der Waals surface area contributed by atoms with Gasteiger partial charge in [0.05, 0.1) is 0 Å². The lowest BCUT2D eigenvalue weighted by molar-refractivity contribution is 0.0854. The average Bonchev–Trinajstić information content (AvgIpc) is 2.78. The second kappa shape index (κ2) is 4.55. The van der Waals surface area contributed by atoms with Crippen LogP contribution in [0.1, 0.15) is 51.1 Å². The van der Waals surface area contributed by atoms with Gasteiger partial charge in [-0.25, -0.2) is 4.98 Å². The van der Waals surface area contributed by atoms with Crippen LogP contribution < -0.4 is 5.73 Å². The molecule has 1 aliphatic carbocycles. The molecule has 0 amide bonds. The van der Waals surface area contributed by atoms with Gasteiger partial charge in [-0.1, -0.05) is 20.8 Å². The number of hydrogen-bond donors (Lipinski definition) is 1. The molecule has 2 aromatic rings. The number of hydrogen-bond acceptors (Lipinski definition) is 4. The SMILES string of the molecule is Cc1ccc2oc(C3CCC(N)C(C)C3(C)C)nc2n1. The molecular weight excluding hydrogens is 250 g/mol. The summed E-state index contributed by atoms with van der Waals surface area (Å²) in [5.41, 5.74) is 8.79. The highest BCUT2D eigenvalue weighted by atomic mass is 16.3. The molecule has 0 spiro atoms. The maximum atomic E-state index is 6.23. The monoisotopic (exact) mass is 273 g/mol. The summed E-state index contributed by atoms with van der Waals surface area (Å²) in [7, 11) is 0. The fraction of sp³-hybridized carbons (Fsp3) is 0.625. The van der Waals surface area contributed by atoms with Crippen molar-refractivity contribution < 1.29 is 4.42 Å². The van der Waals surface area contributed by atoms with Crippen LogP contribution in [0.15, 0.2) is 16.5 Å². The second-order valence-electron chi connectivity index (χ2n) is 6.73. The first-order valence-electron chi connectivity index (χ1n) is 7.39. The van der Waals surface area contributed by atoms with E-state index in [1.165, 1.54) is 0 Å². The van der Waals surface area contributed by atoms with Crippen molar-refractivity contribution in [2.24, 2.45) is 17.1 Å². The molecule has 2 N–H and O–H groups in total. The second-order valence-corrected chi connectivity index (χ2v) is 6.73. The fourth-order valence-electron chi connectivity index (χ4n) is 3.37. The van der Waals surface area contributed by atoms with Gasteiger partial charge in [0.25, 0.3) is 0 Å². The first-order chi connectivity index (χ1) is 9.39. The van der Waals surface area contributed by atoms with E-state index >= 15 is 0 Å². The van der Waals surface area contributed by atoms with E-state index < -0.39 is 0 Å². The number of fused-ring (bicyclic) bond motifs is 1. The van der Waals surface area contributed by atoms with Crippen molar-refractivity contribution in [1.82, 2.24) is 9.97 Å². The van der Waals surface area contributed by atoms with Gasteiger partial charge in [0.2, 0.25) is 5.89 Å². The van der Waals surface area contributed by atoms with Crippen LogP contribution >= 0.6 is 0 Å². The quantitative estimate of drug-likeness (QED) is 0.865. The molecule has 3 atom stereocenters. The Morgan fingerprint density at radius 3 is 2.75 bits per heavy atom. The van der Waals surface area contributed by atoms with Gasteiger partial charge in [-0.2, -0.15) is 4.98 Å². The zero-order chi connectivity index (χ0) is 14.5. The van der Waals surface area contributed by atoms with Crippen molar-refractivity contribution in [1.29, 1.82) is 0 Å². The van der Waals surface area contributed by atoms with Gasteiger partial charge in [-0.3, -0.25) is 0 Å². The number of rotatable bonds is 1. The van der Waals surface area contributed by atoms with Crippen molar-refractivity contribution in [3.63, 3.8) is 0 Å². The number of aromatic nitrogens is 2. The number of aryl methyl sites for hydroxylation is 1. The van der Waals surface area contributed by atoms with E-state index in [-0.39, 0.29) is 11.5 Å². The Morgan fingerprint density at radius 1 is 1.25 bits per heavy atom.